The van der Waals surface area contributed by atoms with Crippen molar-refractivity contribution in [1.82, 2.24) is 4.90 Å². The number of hydrogen-bond acceptors (Lipinski definition) is 4. The summed E-state index contributed by atoms with van der Waals surface area (Å²) in [6, 6.07) is 6.13. The number of nitrogens with two attached hydrogens (primary N) is 2. The highest BCUT2D eigenvalue weighted by molar-refractivity contribution is 6.01. The Labute approximate surface area is 116 Å². The second-order valence-corrected chi connectivity index (χ2v) is 4.56. The van der Waals surface area contributed by atoms with E-state index in [-0.39, 0.29) is 24.3 Å². The van der Waals surface area contributed by atoms with Crippen LogP contribution in [0, 0.1) is 0 Å². The summed E-state index contributed by atoms with van der Waals surface area (Å²) in [4.78, 5) is 24.7. The first-order chi connectivity index (χ1) is 9.36. The van der Waals surface area contributed by atoms with Crippen molar-refractivity contribution >= 4 is 17.6 Å². The lowest BCUT2D eigenvalue weighted by atomic mass is 10.1. The lowest BCUT2D eigenvalue weighted by Gasteiger charge is -2.25. The summed E-state index contributed by atoms with van der Waals surface area (Å²) in [5.41, 5.74) is 11.4. The molecule has 1 aromatic rings. The summed E-state index contributed by atoms with van der Waals surface area (Å²) >= 11 is 0. The van der Waals surface area contributed by atoms with Gasteiger partial charge in [0.25, 0.3) is 5.91 Å². The van der Waals surface area contributed by atoms with Gasteiger partial charge in [-0.15, -0.1) is 0 Å². The SMILES string of the molecule is CC(C)N(CC(N)=O)C(=O)c1cccc(C(N)=NO)c1. The second-order valence-electron chi connectivity index (χ2n) is 4.56. The van der Waals surface area contributed by atoms with Gasteiger partial charge in [-0.2, -0.15) is 0 Å². The van der Waals surface area contributed by atoms with Crippen molar-refractivity contribution in [1.29, 1.82) is 0 Å². The van der Waals surface area contributed by atoms with Crippen LogP contribution in [-0.2, 0) is 4.79 Å². The number of hydrogen-bond donors (Lipinski definition) is 3. The van der Waals surface area contributed by atoms with Crippen LogP contribution in [0.15, 0.2) is 29.4 Å². The molecule has 5 N–H and O–H groups in total. The molecule has 0 saturated carbocycles. The molecule has 0 unspecified atom stereocenters. The Morgan fingerprint density at radius 3 is 2.40 bits per heavy atom. The topological polar surface area (TPSA) is 122 Å². The fraction of sp³-hybridized carbons (Fsp3) is 0.308. The third-order valence-corrected chi connectivity index (χ3v) is 2.72. The summed E-state index contributed by atoms with van der Waals surface area (Å²) < 4.78 is 0. The molecule has 0 aliphatic heterocycles. The summed E-state index contributed by atoms with van der Waals surface area (Å²) in [5, 5.41) is 11.5. The molecule has 0 bridgehead atoms. The zero-order chi connectivity index (χ0) is 15.3. The van der Waals surface area contributed by atoms with Gasteiger partial charge >= 0.3 is 0 Å². The van der Waals surface area contributed by atoms with Crippen LogP contribution in [0.3, 0.4) is 0 Å². The molecule has 1 rings (SSSR count). The molecule has 7 heteroatoms. The number of rotatable bonds is 5. The van der Waals surface area contributed by atoms with Gasteiger partial charge in [-0.3, -0.25) is 9.59 Å². The molecule has 0 heterocycles. The zero-order valence-electron chi connectivity index (χ0n) is 11.4. The Hall–Kier alpha value is -2.57. The standard InChI is InChI=1S/C13H18N4O3/c1-8(2)17(7-11(14)18)13(19)10-5-3-4-9(6-10)12(15)16-20/h3-6,8,20H,7H2,1-2H3,(H2,14,18)(H2,15,16). The van der Waals surface area contributed by atoms with E-state index in [1.807, 2.05) is 0 Å². The first kappa shape index (κ1) is 15.5. The first-order valence-corrected chi connectivity index (χ1v) is 6.04. The number of amides is 2. The van der Waals surface area contributed by atoms with Gasteiger partial charge in [0.2, 0.25) is 5.91 Å². The number of nitrogens with zero attached hydrogens (tertiary/aromatic N) is 2. The molecule has 108 valence electrons. The van der Waals surface area contributed by atoms with Crippen LogP contribution in [0.25, 0.3) is 0 Å². The van der Waals surface area contributed by atoms with Gasteiger partial charge in [-0.25, -0.2) is 0 Å². The molecular weight excluding hydrogens is 260 g/mol. The third-order valence-electron chi connectivity index (χ3n) is 2.72. The highest BCUT2D eigenvalue weighted by Gasteiger charge is 2.20. The maximum atomic E-state index is 12.4. The predicted octanol–water partition coefficient (Wildman–Crippen LogP) is 0.117. The fourth-order valence-corrected chi connectivity index (χ4v) is 1.69. The number of benzene rings is 1. The number of oxime groups is 1. The number of primary amides is 1. The van der Waals surface area contributed by atoms with E-state index in [1.165, 1.54) is 11.0 Å². The Bertz CT molecular complexity index is 540. The van der Waals surface area contributed by atoms with Crippen molar-refractivity contribution in [2.45, 2.75) is 19.9 Å². The second kappa shape index (κ2) is 6.55. The van der Waals surface area contributed by atoms with Gasteiger partial charge in [-0.05, 0) is 26.0 Å². The average Bonchev–Trinajstić information content (AvgIpc) is 2.42. The van der Waals surface area contributed by atoms with E-state index in [0.29, 0.717) is 11.1 Å². The van der Waals surface area contributed by atoms with Gasteiger partial charge in [0.05, 0.1) is 6.54 Å². The minimum Gasteiger partial charge on any atom is -0.409 e. The van der Waals surface area contributed by atoms with Gasteiger partial charge in [0.15, 0.2) is 5.84 Å². The quantitative estimate of drug-likeness (QED) is 0.306. The Morgan fingerprint density at radius 1 is 1.30 bits per heavy atom. The monoisotopic (exact) mass is 278 g/mol. The molecule has 0 saturated heterocycles. The average molecular weight is 278 g/mol. The molecule has 0 aliphatic rings. The Balaban J connectivity index is 3.09. The zero-order valence-corrected chi connectivity index (χ0v) is 11.4. The lowest BCUT2D eigenvalue weighted by Crippen LogP contribution is -2.42. The van der Waals surface area contributed by atoms with E-state index >= 15 is 0 Å². The minimum atomic E-state index is -0.584. The summed E-state index contributed by atoms with van der Waals surface area (Å²) in [6.45, 7) is 3.41. The van der Waals surface area contributed by atoms with Crippen LogP contribution in [0.4, 0.5) is 0 Å². The molecule has 2 amide bonds. The fourth-order valence-electron chi connectivity index (χ4n) is 1.69. The van der Waals surface area contributed by atoms with Crippen LogP contribution in [0.2, 0.25) is 0 Å². The van der Waals surface area contributed by atoms with E-state index in [2.05, 4.69) is 5.16 Å². The van der Waals surface area contributed by atoms with Crippen LogP contribution < -0.4 is 11.5 Å². The molecule has 0 atom stereocenters. The van der Waals surface area contributed by atoms with Gasteiger partial charge in [-0.1, -0.05) is 17.3 Å². The third kappa shape index (κ3) is 3.71. The van der Waals surface area contributed by atoms with Gasteiger partial charge in [0, 0.05) is 17.2 Å². The van der Waals surface area contributed by atoms with E-state index in [9.17, 15) is 9.59 Å². The largest absolute Gasteiger partial charge is 0.409 e. The van der Waals surface area contributed by atoms with Crippen LogP contribution >= 0.6 is 0 Å². The Kier molecular flexibility index (Phi) is 5.08. The van der Waals surface area contributed by atoms with Crippen molar-refractivity contribution < 1.29 is 14.8 Å². The van der Waals surface area contributed by atoms with Crippen LogP contribution in [-0.4, -0.2) is 40.3 Å². The highest BCUT2D eigenvalue weighted by Crippen LogP contribution is 2.11. The number of carbonyl (C=O) groups is 2. The normalized spacial score (nSPS) is 11.4. The molecule has 0 radical (unpaired) electrons. The van der Waals surface area contributed by atoms with E-state index < -0.39 is 5.91 Å². The molecule has 20 heavy (non-hydrogen) atoms. The Morgan fingerprint density at radius 2 is 1.90 bits per heavy atom. The number of amidine groups is 1. The van der Waals surface area contributed by atoms with Crippen molar-refractivity contribution in [3.8, 4) is 0 Å². The van der Waals surface area contributed by atoms with E-state index in [4.69, 9.17) is 16.7 Å². The summed E-state index contributed by atoms with van der Waals surface area (Å²) in [6.07, 6.45) is 0. The maximum absolute atomic E-state index is 12.4. The molecule has 0 aromatic heterocycles. The molecule has 0 aliphatic carbocycles. The molecule has 1 aromatic carbocycles. The van der Waals surface area contributed by atoms with Crippen LogP contribution in [0.5, 0.6) is 0 Å². The molecule has 0 fully saturated rings. The molecule has 7 nitrogen and oxygen atoms in total. The molecule has 0 spiro atoms. The summed E-state index contributed by atoms with van der Waals surface area (Å²) in [5.74, 6) is -1.02. The van der Waals surface area contributed by atoms with Gasteiger partial charge in [0.1, 0.15) is 0 Å². The van der Waals surface area contributed by atoms with Gasteiger partial charge < -0.3 is 21.6 Å². The molecular formula is C13H18N4O3. The number of carbonyl (C=O) groups excluding carboxylic acids is 2. The van der Waals surface area contributed by atoms with Crippen molar-refractivity contribution in [2.75, 3.05) is 6.54 Å². The smallest absolute Gasteiger partial charge is 0.254 e. The maximum Gasteiger partial charge on any atom is 0.254 e. The predicted molar refractivity (Wildman–Crippen MR) is 74.3 cm³/mol. The highest BCUT2D eigenvalue weighted by atomic mass is 16.4. The van der Waals surface area contributed by atoms with Crippen molar-refractivity contribution in [2.24, 2.45) is 16.6 Å². The van der Waals surface area contributed by atoms with Crippen LogP contribution in [0.1, 0.15) is 29.8 Å². The van der Waals surface area contributed by atoms with Crippen molar-refractivity contribution in [3.63, 3.8) is 0 Å². The lowest BCUT2D eigenvalue weighted by molar-refractivity contribution is -0.119. The van der Waals surface area contributed by atoms with Crippen molar-refractivity contribution in [3.05, 3.63) is 35.4 Å². The van der Waals surface area contributed by atoms with E-state index in [1.54, 1.807) is 32.0 Å². The minimum absolute atomic E-state index is 0.0920. The summed E-state index contributed by atoms with van der Waals surface area (Å²) in [7, 11) is 0. The first-order valence-electron chi connectivity index (χ1n) is 6.04. The van der Waals surface area contributed by atoms with E-state index in [0.717, 1.165) is 0 Å².